The first-order chi connectivity index (χ1) is 12.9. The van der Waals surface area contributed by atoms with Gasteiger partial charge in [-0.05, 0) is 62.2 Å². The number of nitrogens with one attached hydrogen (secondary N) is 2. The van der Waals surface area contributed by atoms with Crippen LogP contribution in [0.3, 0.4) is 0 Å². The third kappa shape index (κ3) is 5.55. The molecule has 1 aliphatic carbocycles. The maximum Gasteiger partial charge on any atom is 0.248 e. The molecule has 0 radical (unpaired) electrons. The van der Waals surface area contributed by atoms with Gasteiger partial charge in [0.1, 0.15) is 11.5 Å². The zero-order valence-corrected chi connectivity index (χ0v) is 16.1. The molecule has 144 valence electrons. The van der Waals surface area contributed by atoms with Crippen LogP contribution in [-0.2, 0) is 14.8 Å². The van der Waals surface area contributed by atoms with E-state index in [1.807, 2.05) is 13.0 Å². The molecule has 6 nitrogen and oxygen atoms in total. The number of aryl methyl sites for hydroxylation is 1. The lowest BCUT2D eigenvalue weighted by atomic mass is 9.96. The highest BCUT2D eigenvalue weighted by atomic mass is 32.2. The van der Waals surface area contributed by atoms with Crippen LogP contribution >= 0.6 is 0 Å². The van der Waals surface area contributed by atoms with E-state index in [1.165, 1.54) is 24.6 Å². The lowest BCUT2D eigenvalue weighted by Crippen LogP contribution is -2.36. The van der Waals surface area contributed by atoms with E-state index >= 15 is 0 Å². The number of carbonyl (C=O) groups excluding carboxylic acids is 1. The van der Waals surface area contributed by atoms with E-state index in [1.54, 1.807) is 24.3 Å². The summed E-state index contributed by atoms with van der Waals surface area (Å²) >= 11 is 0. The molecule has 1 fully saturated rings. The number of rotatable bonds is 6. The topological polar surface area (TPSA) is 88.4 Å². The molecule has 1 aromatic carbocycles. The standard InChI is InChI=1S/C20H24N2O4S/c1-15-7-10-18(26-15)11-14-20(23)21-16-8-12-19(13-9-16)27(24,25)22-17-5-3-2-4-6-17/h7-14,17,22H,2-6H2,1H3,(H,21,23). The van der Waals surface area contributed by atoms with Crippen molar-refractivity contribution in [3.63, 3.8) is 0 Å². The molecule has 1 saturated carbocycles. The Morgan fingerprint density at radius 2 is 1.78 bits per heavy atom. The van der Waals surface area contributed by atoms with E-state index in [2.05, 4.69) is 10.0 Å². The summed E-state index contributed by atoms with van der Waals surface area (Å²) in [6.07, 6.45) is 8.00. The minimum Gasteiger partial charge on any atom is -0.462 e. The fourth-order valence-corrected chi connectivity index (χ4v) is 4.42. The van der Waals surface area contributed by atoms with E-state index in [9.17, 15) is 13.2 Å². The van der Waals surface area contributed by atoms with Crippen molar-refractivity contribution < 1.29 is 17.6 Å². The van der Waals surface area contributed by atoms with Crippen LogP contribution in [0, 0.1) is 6.92 Å². The van der Waals surface area contributed by atoms with Crippen molar-refractivity contribution in [3.05, 3.63) is 54.0 Å². The number of carbonyl (C=O) groups is 1. The fourth-order valence-electron chi connectivity index (χ4n) is 3.11. The van der Waals surface area contributed by atoms with Crippen LogP contribution < -0.4 is 10.0 Å². The van der Waals surface area contributed by atoms with Gasteiger partial charge in [0, 0.05) is 17.8 Å². The summed E-state index contributed by atoms with van der Waals surface area (Å²) in [5.74, 6) is 1.05. The van der Waals surface area contributed by atoms with Crippen molar-refractivity contribution in [1.29, 1.82) is 0 Å². The second-order valence-electron chi connectivity index (χ2n) is 6.75. The molecule has 27 heavy (non-hydrogen) atoms. The van der Waals surface area contributed by atoms with E-state index in [4.69, 9.17) is 4.42 Å². The zero-order chi connectivity index (χ0) is 19.3. The van der Waals surface area contributed by atoms with E-state index < -0.39 is 10.0 Å². The number of sulfonamides is 1. The summed E-state index contributed by atoms with van der Waals surface area (Å²) in [6, 6.07) is 9.77. The Hall–Kier alpha value is -2.38. The minimum atomic E-state index is -3.54. The Balaban J connectivity index is 1.59. The fraction of sp³-hybridized carbons (Fsp3) is 0.350. The third-order valence-electron chi connectivity index (χ3n) is 4.52. The predicted molar refractivity (Wildman–Crippen MR) is 105 cm³/mol. The summed E-state index contributed by atoms with van der Waals surface area (Å²) in [6.45, 7) is 1.83. The normalized spacial score (nSPS) is 15.9. The molecule has 7 heteroatoms. The highest BCUT2D eigenvalue weighted by Gasteiger charge is 2.21. The second kappa shape index (κ2) is 8.54. The maximum absolute atomic E-state index is 12.5. The number of hydrogen-bond acceptors (Lipinski definition) is 4. The summed E-state index contributed by atoms with van der Waals surface area (Å²) < 4.78 is 33.1. The second-order valence-corrected chi connectivity index (χ2v) is 8.47. The smallest absolute Gasteiger partial charge is 0.248 e. The van der Waals surface area contributed by atoms with E-state index in [0.29, 0.717) is 11.4 Å². The molecule has 0 atom stereocenters. The molecule has 2 aromatic rings. The van der Waals surface area contributed by atoms with Gasteiger partial charge in [0.2, 0.25) is 15.9 Å². The van der Waals surface area contributed by atoms with Gasteiger partial charge in [-0.1, -0.05) is 19.3 Å². The van der Waals surface area contributed by atoms with Crippen molar-refractivity contribution in [2.45, 2.75) is 50.0 Å². The number of furan rings is 1. The van der Waals surface area contributed by atoms with Crippen molar-refractivity contribution in [1.82, 2.24) is 4.72 Å². The quantitative estimate of drug-likeness (QED) is 0.736. The van der Waals surface area contributed by atoms with Crippen LogP contribution in [0.2, 0.25) is 0 Å². The van der Waals surface area contributed by atoms with E-state index in [0.717, 1.165) is 31.4 Å². The largest absolute Gasteiger partial charge is 0.462 e. The first kappa shape index (κ1) is 19.4. The molecule has 0 saturated heterocycles. The van der Waals surface area contributed by atoms with Gasteiger partial charge in [0.05, 0.1) is 4.90 Å². The number of hydrogen-bond donors (Lipinski definition) is 2. The van der Waals surface area contributed by atoms with Crippen LogP contribution in [0.1, 0.15) is 43.6 Å². The number of anilines is 1. The first-order valence-corrected chi connectivity index (χ1v) is 10.6. The first-order valence-electron chi connectivity index (χ1n) is 9.10. The summed E-state index contributed by atoms with van der Waals surface area (Å²) in [7, 11) is -3.54. The van der Waals surface area contributed by atoms with Crippen LogP contribution in [0.4, 0.5) is 5.69 Å². The molecule has 2 N–H and O–H groups in total. The molecule has 1 aliphatic rings. The zero-order valence-electron chi connectivity index (χ0n) is 15.3. The predicted octanol–water partition coefficient (Wildman–Crippen LogP) is 3.85. The molecular formula is C20H24N2O4S. The molecule has 1 aromatic heterocycles. The minimum absolute atomic E-state index is 0.0125. The van der Waals surface area contributed by atoms with Crippen molar-refractivity contribution in [2.75, 3.05) is 5.32 Å². The lowest BCUT2D eigenvalue weighted by molar-refractivity contribution is -0.111. The highest BCUT2D eigenvalue weighted by Crippen LogP contribution is 2.21. The van der Waals surface area contributed by atoms with Gasteiger partial charge < -0.3 is 9.73 Å². The van der Waals surface area contributed by atoms with Crippen molar-refractivity contribution in [2.24, 2.45) is 0 Å². The number of amides is 1. The van der Waals surface area contributed by atoms with Crippen LogP contribution in [0.15, 0.2) is 51.8 Å². The average molecular weight is 388 g/mol. The Bertz CT molecular complexity index is 908. The Labute approximate surface area is 159 Å². The molecule has 1 amide bonds. The highest BCUT2D eigenvalue weighted by molar-refractivity contribution is 7.89. The van der Waals surface area contributed by atoms with Gasteiger partial charge >= 0.3 is 0 Å². The van der Waals surface area contributed by atoms with Gasteiger partial charge in [-0.2, -0.15) is 0 Å². The van der Waals surface area contributed by atoms with Crippen LogP contribution in [0.5, 0.6) is 0 Å². The molecule has 0 unspecified atom stereocenters. The van der Waals surface area contributed by atoms with Crippen molar-refractivity contribution >= 4 is 27.7 Å². The van der Waals surface area contributed by atoms with Gasteiger partial charge in [-0.25, -0.2) is 13.1 Å². The van der Waals surface area contributed by atoms with Crippen LogP contribution in [-0.4, -0.2) is 20.4 Å². The summed E-state index contributed by atoms with van der Waals surface area (Å²) in [5.41, 5.74) is 0.525. The average Bonchev–Trinajstić information content (AvgIpc) is 3.06. The molecule has 3 rings (SSSR count). The molecule has 0 bridgehead atoms. The Kier molecular flexibility index (Phi) is 6.13. The third-order valence-corrected chi connectivity index (χ3v) is 6.06. The Morgan fingerprint density at radius 1 is 1.07 bits per heavy atom. The van der Waals surface area contributed by atoms with Crippen LogP contribution in [0.25, 0.3) is 6.08 Å². The van der Waals surface area contributed by atoms with Gasteiger partial charge in [-0.15, -0.1) is 0 Å². The molecule has 0 spiro atoms. The summed E-state index contributed by atoms with van der Waals surface area (Å²) in [4.78, 5) is 12.2. The maximum atomic E-state index is 12.5. The SMILES string of the molecule is Cc1ccc(C=CC(=O)Nc2ccc(S(=O)(=O)NC3CCCCC3)cc2)o1. The molecule has 0 aliphatic heterocycles. The summed E-state index contributed by atoms with van der Waals surface area (Å²) in [5, 5.41) is 2.70. The Morgan fingerprint density at radius 3 is 2.41 bits per heavy atom. The van der Waals surface area contributed by atoms with E-state index in [-0.39, 0.29) is 16.8 Å². The lowest BCUT2D eigenvalue weighted by Gasteiger charge is -2.22. The van der Waals surface area contributed by atoms with Gasteiger partial charge in [0.15, 0.2) is 0 Å². The number of benzene rings is 1. The van der Waals surface area contributed by atoms with Crippen molar-refractivity contribution in [3.8, 4) is 0 Å². The molecular weight excluding hydrogens is 364 g/mol. The monoisotopic (exact) mass is 388 g/mol. The van der Waals surface area contributed by atoms with Gasteiger partial charge in [-0.3, -0.25) is 4.79 Å². The van der Waals surface area contributed by atoms with Gasteiger partial charge in [0.25, 0.3) is 0 Å². The molecule has 1 heterocycles.